The molecule has 3 rings (SSSR count). The number of anilines is 2. The fourth-order valence-corrected chi connectivity index (χ4v) is 5.24. The summed E-state index contributed by atoms with van der Waals surface area (Å²) in [5.41, 5.74) is 12.5. The lowest BCUT2D eigenvalue weighted by molar-refractivity contribution is 0.942. The summed E-state index contributed by atoms with van der Waals surface area (Å²) in [6.07, 6.45) is 7.78. The molecular formula is C38H52N2. The highest BCUT2D eigenvalue weighted by molar-refractivity contribution is 5.76. The monoisotopic (exact) mass is 536 g/mol. The Kier molecular flexibility index (Phi) is 15.2. The van der Waals surface area contributed by atoms with Crippen molar-refractivity contribution < 1.29 is 0 Å². The molecule has 2 heteroatoms. The predicted molar refractivity (Wildman–Crippen MR) is 184 cm³/mol. The lowest BCUT2D eigenvalue weighted by Gasteiger charge is -2.27. The van der Waals surface area contributed by atoms with E-state index in [1.807, 2.05) is 52.0 Å². The summed E-state index contributed by atoms with van der Waals surface area (Å²) in [5.74, 6) is 0. The molecule has 3 aromatic rings. The van der Waals surface area contributed by atoms with Crippen LogP contribution in [0.1, 0.15) is 49.9 Å². The van der Waals surface area contributed by atoms with Gasteiger partial charge in [-0.2, -0.15) is 0 Å². The number of hydrogen-bond donors (Lipinski definition) is 0. The molecule has 0 radical (unpaired) electrons. The Hall–Kier alpha value is -3.78. The van der Waals surface area contributed by atoms with E-state index in [0.717, 1.165) is 26.2 Å². The van der Waals surface area contributed by atoms with Gasteiger partial charge in [-0.15, -0.1) is 26.3 Å². The summed E-state index contributed by atoms with van der Waals surface area (Å²) < 4.78 is 0. The zero-order chi connectivity index (χ0) is 30.2. The molecule has 0 unspecified atom stereocenters. The Morgan fingerprint density at radius 3 is 0.875 bits per heavy atom. The molecule has 0 aliphatic heterocycles. The molecule has 40 heavy (non-hydrogen) atoms. The first-order valence-electron chi connectivity index (χ1n) is 14.6. The van der Waals surface area contributed by atoms with Gasteiger partial charge in [0.2, 0.25) is 0 Å². The molecule has 214 valence electrons. The summed E-state index contributed by atoms with van der Waals surface area (Å²) >= 11 is 0. The normalized spacial score (nSPS) is 9.80. The third kappa shape index (κ3) is 8.61. The van der Waals surface area contributed by atoms with Gasteiger partial charge in [0.1, 0.15) is 0 Å². The molecule has 0 spiro atoms. The van der Waals surface area contributed by atoms with Crippen LogP contribution >= 0.6 is 0 Å². The van der Waals surface area contributed by atoms with Crippen LogP contribution in [-0.2, 0) is 0 Å². The van der Waals surface area contributed by atoms with Crippen LogP contribution in [0.2, 0.25) is 0 Å². The number of rotatable bonds is 12. The van der Waals surface area contributed by atoms with Gasteiger partial charge in [-0.1, -0.05) is 76.3 Å². The maximum Gasteiger partial charge on any atom is 0.0431 e. The van der Waals surface area contributed by atoms with Crippen LogP contribution in [-0.4, -0.2) is 26.2 Å². The van der Waals surface area contributed by atoms with Crippen molar-refractivity contribution in [1.82, 2.24) is 0 Å². The second-order valence-electron chi connectivity index (χ2n) is 9.46. The first kappa shape index (κ1) is 34.2. The average molecular weight is 537 g/mol. The van der Waals surface area contributed by atoms with E-state index in [0.29, 0.717) is 0 Å². The Morgan fingerprint density at radius 1 is 0.450 bits per heavy atom. The van der Waals surface area contributed by atoms with Crippen LogP contribution in [0, 0.1) is 27.7 Å². The van der Waals surface area contributed by atoms with Crippen LogP contribution < -0.4 is 9.80 Å². The van der Waals surface area contributed by atoms with Crippen molar-refractivity contribution in [2.75, 3.05) is 36.0 Å². The van der Waals surface area contributed by atoms with Gasteiger partial charge in [0.25, 0.3) is 0 Å². The van der Waals surface area contributed by atoms with Gasteiger partial charge >= 0.3 is 0 Å². The summed E-state index contributed by atoms with van der Waals surface area (Å²) in [6.45, 7) is 35.7. The second-order valence-corrected chi connectivity index (χ2v) is 9.46. The largest absolute Gasteiger partial charge is 0.364 e. The minimum Gasteiger partial charge on any atom is -0.364 e. The smallest absolute Gasteiger partial charge is 0.0431 e. The summed E-state index contributed by atoms with van der Waals surface area (Å²) in [5, 5.41) is 0. The summed E-state index contributed by atoms with van der Waals surface area (Å²) in [4.78, 5) is 4.63. The van der Waals surface area contributed by atoms with E-state index in [4.69, 9.17) is 0 Å². The molecule has 0 N–H and O–H groups in total. The van der Waals surface area contributed by atoms with Crippen LogP contribution in [0.3, 0.4) is 0 Å². The second kappa shape index (κ2) is 17.7. The molecule has 0 aliphatic rings. The highest BCUT2D eigenvalue weighted by atomic mass is 15.1. The SMILES string of the molecule is C=CCN(CC=C)c1c(C)cc(-c2ccc(-c3cc(C)c(N(CC=C)CC=C)c(C)c3)cc2)cc1C.CC.CC. The molecule has 0 saturated heterocycles. The first-order chi connectivity index (χ1) is 19.3. The van der Waals surface area contributed by atoms with E-state index >= 15 is 0 Å². The Labute approximate surface area is 246 Å². The zero-order valence-corrected chi connectivity index (χ0v) is 26.5. The number of benzene rings is 3. The fraction of sp³-hybridized carbons (Fsp3) is 0.316. The fourth-order valence-electron chi connectivity index (χ4n) is 5.24. The minimum atomic E-state index is 0.804. The van der Waals surface area contributed by atoms with Gasteiger partial charge in [-0.25, -0.2) is 0 Å². The number of nitrogens with zero attached hydrogens (tertiary/aromatic N) is 2. The molecule has 2 nitrogen and oxygen atoms in total. The molecule has 0 aromatic heterocycles. The van der Waals surface area contributed by atoms with Crippen LogP contribution in [0.15, 0.2) is 99.2 Å². The van der Waals surface area contributed by atoms with E-state index in [1.54, 1.807) is 0 Å². The van der Waals surface area contributed by atoms with Crippen molar-refractivity contribution in [2.24, 2.45) is 0 Å². The Morgan fingerprint density at radius 2 is 0.675 bits per heavy atom. The van der Waals surface area contributed by atoms with Gasteiger partial charge in [-0.3, -0.25) is 0 Å². The van der Waals surface area contributed by atoms with Gasteiger partial charge in [0.15, 0.2) is 0 Å². The van der Waals surface area contributed by atoms with Crippen molar-refractivity contribution in [3.05, 3.63) is 121 Å². The topological polar surface area (TPSA) is 6.48 Å². The van der Waals surface area contributed by atoms with Crippen LogP contribution in [0.4, 0.5) is 11.4 Å². The average Bonchev–Trinajstić information content (AvgIpc) is 2.95. The van der Waals surface area contributed by atoms with Crippen molar-refractivity contribution in [2.45, 2.75) is 55.4 Å². The minimum absolute atomic E-state index is 0.804. The quantitative estimate of drug-likeness (QED) is 0.212. The van der Waals surface area contributed by atoms with Gasteiger partial charge < -0.3 is 9.80 Å². The molecule has 0 aliphatic carbocycles. The molecule has 0 amide bonds. The third-order valence-corrected chi connectivity index (χ3v) is 6.56. The van der Waals surface area contributed by atoms with Crippen LogP contribution in [0.25, 0.3) is 22.3 Å². The maximum atomic E-state index is 3.92. The van der Waals surface area contributed by atoms with E-state index in [1.165, 1.54) is 55.9 Å². The van der Waals surface area contributed by atoms with E-state index in [2.05, 4.69) is 112 Å². The molecule has 0 saturated carbocycles. The molecule has 0 bridgehead atoms. The standard InChI is InChI=1S/C34H40N2.2C2H6/c1-9-17-35(18-10-2)33-25(5)21-31(22-26(33)6)29-13-15-30(16-14-29)32-23-27(7)34(28(8)24-32)36(19-11-3)20-12-4;2*1-2/h9-16,21-24H,1-4,17-20H2,5-8H3;2*1-2H3. The van der Waals surface area contributed by atoms with E-state index < -0.39 is 0 Å². The predicted octanol–water partition coefficient (Wildman–Crippen LogP) is 10.7. The molecule has 0 atom stereocenters. The Balaban J connectivity index is 0.00000191. The molecule has 0 heterocycles. The zero-order valence-electron chi connectivity index (χ0n) is 26.5. The van der Waals surface area contributed by atoms with Crippen molar-refractivity contribution >= 4 is 11.4 Å². The molecule has 3 aromatic carbocycles. The first-order valence-corrected chi connectivity index (χ1v) is 14.6. The van der Waals surface area contributed by atoms with Gasteiger partial charge in [0, 0.05) is 37.6 Å². The van der Waals surface area contributed by atoms with E-state index in [-0.39, 0.29) is 0 Å². The third-order valence-electron chi connectivity index (χ3n) is 6.56. The lowest BCUT2D eigenvalue weighted by atomic mass is 9.94. The van der Waals surface area contributed by atoms with Gasteiger partial charge in [-0.05, 0) is 96.5 Å². The highest BCUT2D eigenvalue weighted by Gasteiger charge is 2.14. The maximum absolute atomic E-state index is 3.92. The molecule has 0 fully saturated rings. The highest BCUT2D eigenvalue weighted by Crippen LogP contribution is 2.34. The molecular weight excluding hydrogens is 484 g/mol. The Bertz CT molecular complexity index is 1080. The number of aryl methyl sites for hydroxylation is 4. The van der Waals surface area contributed by atoms with E-state index in [9.17, 15) is 0 Å². The van der Waals surface area contributed by atoms with Crippen molar-refractivity contribution in [3.63, 3.8) is 0 Å². The summed E-state index contributed by atoms with van der Waals surface area (Å²) in [6, 6.07) is 18.1. The lowest BCUT2D eigenvalue weighted by Crippen LogP contribution is -2.24. The summed E-state index contributed by atoms with van der Waals surface area (Å²) in [7, 11) is 0. The van der Waals surface area contributed by atoms with Crippen LogP contribution in [0.5, 0.6) is 0 Å². The van der Waals surface area contributed by atoms with Crippen molar-refractivity contribution in [1.29, 1.82) is 0 Å². The number of hydrogen-bond acceptors (Lipinski definition) is 2. The van der Waals surface area contributed by atoms with Gasteiger partial charge in [0.05, 0.1) is 0 Å². The van der Waals surface area contributed by atoms with Crippen molar-refractivity contribution in [3.8, 4) is 22.3 Å².